The van der Waals surface area contributed by atoms with Gasteiger partial charge in [0, 0.05) is 11.6 Å². The fourth-order valence-corrected chi connectivity index (χ4v) is 2.74. The maximum Gasteiger partial charge on any atom is 0.127 e. The number of hydrogen-bond donors (Lipinski definition) is 1. The first-order valence-corrected chi connectivity index (χ1v) is 7.47. The normalized spacial score (nSPS) is 18.4. The Hall–Kier alpha value is -0.930. The van der Waals surface area contributed by atoms with Crippen LogP contribution in [-0.4, -0.2) is 31.1 Å². The highest BCUT2D eigenvalue weighted by atomic mass is 19.1. The largest absolute Gasteiger partial charge is 0.310 e. The molecule has 2 nitrogen and oxygen atoms in total. The Kier molecular flexibility index (Phi) is 5.80. The van der Waals surface area contributed by atoms with Crippen molar-refractivity contribution < 1.29 is 4.39 Å². The summed E-state index contributed by atoms with van der Waals surface area (Å²) in [6.45, 7) is 6.65. The van der Waals surface area contributed by atoms with Crippen LogP contribution in [0.25, 0.3) is 0 Å². The fourth-order valence-electron chi connectivity index (χ4n) is 2.74. The topological polar surface area (TPSA) is 15.3 Å². The van der Waals surface area contributed by atoms with Gasteiger partial charge in [-0.3, -0.25) is 0 Å². The number of likely N-dealkylation sites (tertiary alicyclic amines) is 1. The summed E-state index contributed by atoms with van der Waals surface area (Å²) in [5.41, 5.74) is 0.764. The summed E-state index contributed by atoms with van der Waals surface area (Å²) in [7, 11) is 0. The van der Waals surface area contributed by atoms with Gasteiger partial charge in [0.1, 0.15) is 5.82 Å². The van der Waals surface area contributed by atoms with Gasteiger partial charge in [0.15, 0.2) is 0 Å². The summed E-state index contributed by atoms with van der Waals surface area (Å²) in [5, 5.41) is 3.41. The van der Waals surface area contributed by atoms with Crippen molar-refractivity contribution in [1.82, 2.24) is 10.2 Å². The number of nitrogens with one attached hydrogen (secondary N) is 1. The highest BCUT2D eigenvalue weighted by Gasteiger charge is 2.11. The first kappa shape index (κ1) is 14.5. The van der Waals surface area contributed by atoms with Gasteiger partial charge < -0.3 is 10.2 Å². The summed E-state index contributed by atoms with van der Waals surface area (Å²) in [5.74, 6) is -0.112. The quantitative estimate of drug-likeness (QED) is 0.793. The molecule has 1 saturated heterocycles. The number of rotatable bonds is 6. The maximum atomic E-state index is 13.6. The van der Waals surface area contributed by atoms with Crippen LogP contribution >= 0.6 is 0 Å². The SMILES string of the molecule is CC(NCCCN1CCCCC1)c1ccccc1F. The fraction of sp³-hybridized carbons (Fsp3) is 0.625. The van der Waals surface area contributed by atoms with E-state index in [9.17, 15) is 4.39 Å². The molecule has 0 radical (unpaired) electrons. The number of nitrogens with zero attached hydrogens (tertiary/aromatic N) is 1. The minimum atomic E-state index is -0.112. The molecule has 1 unspecified atom stereocenters. The minimum absolute atomic E-state index is 0.0857. The second kappa shape index (κ2) is 7.61. The molecular weight excluding hydrogens is 239 g/mol. The van der Waals surface area contributed by atoms with E-state index in [2.05, 4.69) is 10.2 Å². The van der Waals surface area contributed by atoms with Gasteiger partial charge in [-0.25, -0.2) is 4.39 Å². The van der Waals surface area contributed by atoms with Crippen LogP contribution in [0.2, 0.25) is 0 Å². The first-order valence-electron chi connectivity index (χ1n) is 7.47. The van der Waals surface area contributed by atoms with Crippen LogP contribution in [0.4, 0.5) is 4.39 Å². The third-order valence-corrected chi connectivity index (χ3v) is 3.92. The summed E-state index contributed by atoms with van der Waals surface area (Å²) >= 11 is 0. The third kappa shape index (κ3) is 4.59. The molecule has 1 atom stereocenters. The molecule has 2 rings (SSSR count). The van der Waals surface area contributed by atoms with Gasteiger partial charge in [-0.1, -0.05) is 24.6 Å². The number of piperidine rings is 1. The molecule has 106 valence electrons. The minimum Gasteiger partial charge on any atom is -0.310 e. The van der Waals surface area contributed by atoms with Gasteiger partial charge >= 0.3 is 0 Å². The molecule has 0 bridgehead atoms. The standard InChI is InChI=1S/C16H25FN2/c1-14(15-8-3-4-9-16(15)17)18-10-7-13-19-11-5-2-6-12-19/h3-4,8-9,14,18H,2,5-7,10-13H2,1H3. The molecule has 0 spiro atoms. The van der Waals surface area contributed by atoms with Crippen molar-refractivity contribution in [1.29, 1.82) is 0 Å². The zero-order valence-electron chi connectivity index (χ0n) is 11.9. The molecule has 19 heavy (non-hydrogen) atoms. The van der Waals surface area contributed by atoms with E-state index in [-0.39, 0.29) is 11.9 Å². The third-order valence-electron chi connectivity index (χ3n) is 3.92. The Bertz CT molecular complexity index is 375. The molecule has 0 aliphatic carbocycles. The van der Waals surface area contributed by atoms with E-state index in [1.54, 1.807) is 6.07 Å². The van der Waals surface area contributed by atoms with Crippen molar-refractivity contribution >= 4 is 0 Å². The zero-order valence-corrected chi connectivity index (χ0v) is 11.9. The number of halogens is 1. The lowest BCUT2D eigenvalue weighted by atomic mass is 10.1. The molecule has 1 aliphatic heterocycles. The average molecular weight is 264 g/mol. The molecule has 1 N–H and O–H groups in total. The summed E-state index contributed by atoms with van der Waals surface area (Å²) in [6, 6.07) is 7.10. The Labute approximate surface area is 116 Å². The Morgan fingerprint density at radius 2 is 1.95 bits per heavy atom. The molecule has 1 aromatic rings. The summed E-state index contributed by atoms with van der Waals surface area (Å²) in [4.78, 5) is 2.54. The zero-order chi connectivity index (χ0) is 13.5. The average Bonchev–Trinajstić information content (AvgIpc) is 2.45. The van der Waals surface area contributed by atoms with E-state index in [0.717, 1.165) is 25.1 Å². The van der Waals surface area contributed by atoms with E-state index >= 15 is 0 Å². The molecule has 1 aliphatic rings. The van der Waals surface area contributed by atoms with E-state index < -0.39 is 0 Å². The van der Waals surface area contributed by atoms with E-state index in [1.165, 1.54) is 38.4 Å². The van der Waals surface area contributed by atoms with E-state index in [0.29, 0.717) is 0 Å². The smallest absolute Gasteiger partial charge is 0.127 e. The Morgan fingerprint density at radius 1 is 1.21 bits per heavy atom. The molecule has 0 saturated carbocycles. The van der Waals surface area contributed by atoms with Gasteiger partial charge in [0.2, 0.25) is 0 Å². The second-order valence-electron chi connectivity index (χ2n) is 5.45. The first-order chi connectivity index (χ1) is 9.27. The molecule has 0 amide bonds. The van der Waals surface area contributed by atoms with Gasteiger partial charge in [0.05, 0.1) is 0 Å². The van der Waals surface area contributed by atoms with Crippen molar-refractivity contribution in [3.63, 3.8) is 0 Å². The number of hydrogen-bond acceptors (Lipinski definition) is 2. The highest BCUT2D eigenvalue weighted by molar-refractivity contribution is 5.20. The predicted molar refractivity (Wildman–Crippen MR) is 77.7 cm³/mol. The van der Waals surface area contributed by atoms with Crippen molar-refractivity contribution in [3.8, 4) is 0 Å². The van der Waals surface area contributed by atoms with Crippen LogP contribution in [-0.2, 0) is 0 Å². The lowest BCUT2D eigenvalue weighted by Crippen LogP contribution is -2.32. The molecule has 1 aromatic carbocycles. The van der Waals surface area contributed by atoms with Crippen molar-refractivity contribution in [2.75, 3.05) is 26.2 Å². The van der Waals surface area contributed by atoms with Crippen LogP contribution in [0.1, 0.15) is 44.2 Å². The van der Waals surface area contributed by atoms with Crippen molar-refractivity contribution in [2.24, 2.45) is 0 Å². The van der Waals surface area contributed by atoms with Crippen LogP contribution in [0.3, 0.4) is 0 Å². The molecular formula is C16H25FN2. The predicted octanol–water partition coefficient (Wildman–Crippen LogP) is 3.35. The number of benzene rings is 1. The molecule has 0 aromatic heterocycles. The van der Waals surface area contributed by atoms with Gasteiger partial charge in [-0.2, -0.15) is 0 Å². The monoisotopic (exact) mass is 264 g/mol. The van der Waals surface area contributed by atoms with Gasteiger partial charge in [0.25, 0.3) is 0 Å². The summed E-state index contributed by atoms with van der Waals surface area (Å²) in [6.07, 6.45) is 5.22. The molecule has 1 heterocycles. The highest BCUT2D eigenvalue weighted by Crippen LogP contribution is 2.15. The summed E-state index contributed by atoms with van der Waals surface area (Å²) < 4.78 is 13.6. The second-order valence-corrected chi connectivity index (χ2v) is 5.45. The Morgan fingerprint density at radius 3 is 2.68 bits per heavy atom. The Balaban J connectivity index is 1.66. The van der Waals surface area contributed by atoms with E-state index in [4.69, 9.17) is 0 Å². The molecule has 1 fully saturated rings. The molecule has 3 heteroatoms. The van der Waals surface area contributed by atoms with E-state index in [1.807, 2.05) is 19.1 Å². The van der Waals surface area contributed by atoms with Crippen LogP contribution in [0, 0.1) is 5.82 Å². The van der Waals surface area contributed by atoms with Gasteiger partial charge in [-0.15, -0.1) is 0 Å². The van der Waals surface area contributed by atoms with Crippen molar-refractivity contribution in [3.05, 3.63) is 35.6 Å². The van der Waals surface area contributed by atoms with Crippen molar-refractivity contribution in [2.45, 2.75) is 38.6 Å². The van der Waals surface area contributed by atoms with Gasteiger partial charge in [-0.05, 0) is 58.4 Å². The maximum absolute atomic E-state index is 13.6. The van der Waals surface area contributed by atoms with Crippen LogP contribution < -0.4 is 5.32 Å². The lowest BCUT2D eigenvalue weighted by Gasteiger charge is -2.26. The van der Waals surface area contributed by atoms with Crippen LogP contribution in [0.5, 0.6) is 0 Å². The van der Waals surface area contributed by atoms with Crippen LogP contribution in [0.15, 0.2) is 24.3 Å². The lowest BCUT2D eigenvalue weighted by molar-refractivity contribution is 0.225.